The highest BCUT2D eigenvalue weighted by molar-refractivity contribution is 6.42. The van der Waals surface area contributed by atoms with E-state index in [9.17, 15) is 9.59 Å². The van der Waals surface area contributed by atoms with Crippen molar-refractivity contribution in [2.24, 2.45) is 0 Å². The van der Waals surface area contributed by atoms with E-state index in [4.69, 9.17) is 23.2 Å². The van der Waals surface area contributed by atoms with Gasteiger partial charge in [0.05, 0.1) is 15.6 Å². The first kappa shape index (κ1) is 23.9. The van der Waals surface area contributed by atoms with E-state index in [0.717, 1.165) is 50.0 Å². The van der Waals surface area contributed by atoms with Gasteiger partial charge in [0.15, 0.2) is 0 Å². The van der Waals surface area contributed by atoms with Crippen LogP contribution < -0.4 is 10.2 Å². The summed E-state index contributed by atoms with van der Waals surface area (Å²) in [4.78, 5) is 30.2. The van der Waals surface area contributed by atoms with Gasteiger partial charge in [-0.3, -0.25) is 9.59 Å². The van der Waals surface area contributed by atoms with Crippen LogP contribution in [0.2, 0.25) is 10.0 Å². The van der Waals surface area contributed by atoms with Crippen LogP contribution >= 0.6 is 23.2 Å². The Bertz CT molecular complexity index is 999. The summed E-state index contributed by atoms with van der Waals surface area (Å²) >= 11 is 12.0. The molecule has 2 aromatic rings. The SMILES string of the molecule is CN(C(=O)c1ccccc1N1CCC(NC(=O)c2ccc(Cl)c(Cl)c2)CC1)C1CCCCC1. The fourth-order valence-electron chi connectivity index (χ4n) is 4.93. The monoisotopic (exact) mass is 487 g/mol. The van der Waals surface area contributed by atoms with Gasteiger partial charge in [0, 0.05) is 43.5 Å². The molecule has 1 aliphatic heterocycles. The van der Waals surface area contributed by atoms with E-state index < -0.39 is 0 Å². The molecule has 0 bridgehead atoms. The predicted octanol–water partition coefficient (Wildman–Crippen LogP) is 5.80. The standard InChI is InChI=1S/C26H31Cl2N3O2/c1-30(20-7-3-2-4-8-20)26(33)21-9-5-6-10-24(21)31-15-13-19(14-16-31)29-25(32)18-11-12-22(27)23(28)17-18/h5-6,9-12,17,19-20H,2-4,7-8,13-16H2,1H3,(H,29,32). The first-order chi connectivity index (χ1) is 15.9. The number of anilines is 1. The normalized spacial score (nSPS) is 17.6. The third kappa shape index (κ3) is 5.64. The van der Waals surface area contributed by atoms with E-state index in [-0.39, 0.29) is 17.9 Å². The molecule has 7 heteroatoms. The maximum Gasteiger partial charge on any atom is 0.255 e. The lowest BCUT2D eigenvalue weighted by molar-refractivity contribution is 0.0696. The summed E-state index contributed by atoms with van der Waals surface area (Å²) in [5.41, 5.74) is 2.26. The maximum absolute atomic E-state index is 13.3. The molecule has 5 nitrogen and oxygen atoms in total. The van der Waals surface area contributed by atoms with Gasteiger partial charge < -0.3 is 15.1 Å². The second kappa shape index (κ2) is 10.8. The van der Waals surface area contributed by atoms with Crippen molar-refractivity contribution < 1.29 is 9.59 Å². The van der Waals surface area contributed by atoms with Crippen LogP contribution in [0.3, 0.4) is 0 Å². The lowest BCUT2D eigenvalue weighted by Crippen LogP contribution is -2.45. The van der Waals surface area contributed by atoms with Gasteiger partial charge in [0.25, 0.3) is 11.8 Å². The smallest absolute Gasteiger partial charge is 0.255 e. The average Bonchev–Trinajstić information content (AvgIpc) is 2.86. The van der Waals surface area contributed by atoms with Crippen LogP contribution in [-0.4, -0.2) is 48.9 Å². The summed E-state index contributed by atoms with van der Waals surface area (Å²) in [5.74, 6) is -0.0377. The third-order valence-corrected chi connectivity index (χ3v) is 7.67. The minimum atomic E-state index is -0.142. The molecule has 1 N–H and O–H groups in total. The molecule has 1 saturated heterocycles. The zero-order chi connectivity index (χ0) is 23.4. The van der Waals surface area contributed by atoms with Gasteiger partial charge in [-0.15, -0.1) is 0 Å². The second-order valence-electron chi connectivity index (χ2n) is 9.09. The lowest BCUT2D eigenvalue weighted by atomic mass is 9.94. The zero-order valence-electron chi connectivity index (χ0n) is 19.0. The second-order valence-corrected chi connectivity index (χ2v) is 9.90. The van der Waals surface area contributed by atoms with Gasteiger partial charge in [-0.25, -0.2) is 0 Å². The number of piperidine rings is 1. The Hall–Kier alpha value is -2.24. The van der Waals surface area contributed by atoms with Crippen molar-refractivity contribution in [3.63, 3.8) is 0 Å². The Morgan fingerprint density at radius 3 is 2.33 bits per heavy atom. The average molecular weight is 488 g/mol. The molecule has 1 aliphatic carbocycles. The molecule has 2 fully saturated rings. The highest BCUT2D eigenvalue weighted by Gasteiger charge is 2.28. The zero-order valence-corrected chi connectivity index (χ0v) is 20.5. The number of benzene rings is 2. The number of rotatable bonds is 5. The molecule has 1 heterocycles. The molecule has 0 spiro atoms. The molecule has 2 aromatic carbocycles. The van der Waals surface area contributed by atoms with Crippen molar-refractivity contribution in [1.29, 1.82) is 0 Å². The Morgan fingerprint density at radius 2 is 1.64 bits per heavy atom. The molecule has 1 saturated carbocycles. The van der Waals surface area contributed by atoms with Crippen molar-refractivity contribution in [2.75, 3.05) is 25.0 Å². The number of halogens is 2. The quantitative estimate of drug-likeness (QED) is 0.579. The molecule has 4 rings (SSSR count). The summed E-state index contributed by atoms with van der Waals surface area (Å²) in [6, 6.07) is 13.2. The van der Waals surface area contributed by atoms with Crippen LogP contribution in [0.25, 0.3) is 0 Å². The molecule has 0 aromatic heterocycles. The highest BCUT2D eigenvalue weighted by Crippen LogP contribution is 2.28. The minimum Gasteiger partial charge on any atom is -0.371 e. The largest absolute Gasteiger partial charge is 0.371 e. The van der Waals surface area contributed by atoms with Gasteiger partial charge in [-0.1, -0.05) is 54.6 Å². The Kier molecular flexibility index (Phi) is 7.82. The van der Waals surface area contributed by atoms with Crippen LogP contribution in [0.1, 0.15) is 65.7 Å². The van der Waals surface area contributed by atoms with Crippen LogP contribution in [0.4, 0.5) is 5.69 Å². The van der Waals surface area contributed by atoms with E-state index in [1.165, 1.54) is 19.3 Å². The van der Waals surface area contributed by atoms with E-state index in [2.05, 4.69) is 10.2 Å². The number of nitrogens with zero attached hydrogens (tertiary/aromatic N) is 2. The lowest BCUT2D eigenvalue weighted by Gasteiger charge is -2.36. The Labute approximate surface area is 206 Å². The summed E-state index contributed by atoms with van der Waals surface area (Å²) in [7, 11) is 1.94. The van der Waals surface area contributed by atoms with Gasteiger partial charge in [-0.05, 0) is 56.0 Å². The van der Waals surface area contributed by atoms with Crippen molar-refractivity contribution in [1.82, 2.24) is 10.2 Å². The van der Waals surface area contributed by atoms with Crippen molar-refractivity contribution in [3.05, 3.63) is 63.6 Å². The third-order valence-electron chi connectivity index (χ3n) is 6.93. The number of nitrogens with one attached hydrogen (secondary N) is 1. The van der Waals surface area contributed by atoms with Crippen LogP contribution in [0.5, 0.6) is 0 Å². The molecular weight excluding hydrogens is 457 g/mol. The Balaban J connectivity index is 1.38. The highest BCUT2D eigenvalue weighted by atomic mass is 35.5. The van der Waals surface area contributed by atoms with E-state index in [1.54, 1.807) is 18.2 Å². The minimum absolute atomic E-state index is 0.0796. The molecular formula is C26H31Cl2N3O2. The van der Waals surface area contributed by atoms with Gasteiger partial charge in [-0.2, -0.15) is 0 Å². The number of hydrogen-bond donors (Lipinski definition) is 1. The molecule has 0 unspecified atom stereocenters. The van der Waals surface area contributed by atoms with Gasteiger partial charge in [0.1, 0.15) is 0 Å². The molecule has 0 radical (unpaired) electrons. The molecule has 2 aliphatic rings. The maximum atomic E-state index is 13.3. The van der Waals surface area contributed by atoms with Crippen LogP contribution in [0, 0.1) is 0 Å². The predicted molar refractivity (Wildman–Crippen MR) is 135 cm³/mol. The Morgan fingerprint density at radius 1 is 0.939 bits per heavy atom. The van der Waals surface area contributed by atoms with E-state index in [0.29, 0.717) is 21.7 Å². The van der Waals surface area contributed by atoms with Gasteiger partial charge >= 0.3 is 0 Å². The van der Waals surface area contributed by atoms with E-state index in [1.807, 2.05) is 36.2 Å². The molecule has 2 amide bonds. The van der Waals surface area contributed by atoms with Crippen molar-refractivity contribution in [2.45, 2.75) is 57.0 Å². The first-order valence-electron chi connectivity index (χ1n) is 11.8. The summed E-state index contributed by atoms with van der Waals surface area (Å²) in [6.45, 7) is 1.56. The molecule has 176 valence electrons. The molecule has 0 atom stereocenters. The number of carbonyl (C=O) groups is 2. The number of amides is 2. The fourth-order valence-corrected chi connectivity index (χ4v) is 5.22. The van der Waals surface area contributed by atoms with E-state index >= 15 is 0 Å². The summed E-state index contributed by atoms with van der Waals surface area (Å²) in [5, 5.41) is 3.92. The number of carbonyl (C=O) groups excluding carboxylic acids is 2. The number of hydrogen-bond acceptors (Lipinski definition) is 3. The van der Waals surface area contributed by atoms with Crippen LogP contribution in [0.15, 0.2) is 42.5 Å². The summed E-state index contributed by atoms with van der Waals surface area (Å²) in [6.07, 6.45) is 7.48. The summed E-state index contributed by atoms with van der Waals surface area (Å²) < 4.78 is 0. The van der Waals surface area contributed by atoms with Crippen molar-refractivity contribution in [3.8, 4) is 0 Å². The van der Waals surface area contributed by atoms with Gasteiger partial charge in [0.2, 0.25) is 0 Å². The molecule has 33 heavy (non-hydrogen) atoms. The van der Waals surface area contributed by atoms with Crippen LogP contribution in [-0.2, 0) is 0 Å². The van der Waals surface area contributed by atoms with Crippen molar-refractivity contribution >= 4 is 40.7 Å². The fraction of sp³-hybridized carbons (Fsp3) is 0.462. The number of para-hydroxylation sites is 1. The topological polar surface area (TPSA) is 52.7 Å². The first-order valence-corrected chi connectivity index (χ1v) is 12.6.